The smallest absolute Gasteiger partial charge is 0.226 e. The quantitative estimate of drug-likeness (QED) is 0.627. The number of rotatable bonds is 6. The summed E-state index contributed by atoms with van der Waals surface area (Å²) in [5.41, 5.74) is 4.60. The van der Waals surface area contributed by atoms with Gasteiger partial charge in [0, 0.05) is 18.2 Å². The molecule has 140 valence electrons. The number of oxazole rings is 1. The van der Waals surface area contributed by atoms with Crippen LogP contribution in [0.5, 0.6) is 5.75 Å². The van der Waals surface area contributed by atoms with Crippen molar-refractivity contribution in [2.75, 3.05) is 13.7 Å². The van der Waals surface area contributed by atoms with Crippen LogP contribution in [0.1, 0.15) is 29.7 Å². The van der Waals surface area contributed by atoms with Gasteiger partial charge >= 0.3 is 0 Å². The van der Waals surface area contributed by atoms with E-state index in [-0.39, 0.29) is 0 Å². The summed E-state index contributed by atoms with van der Waals surface area (Å²) in [5, 5.41) is 0. The topological polar surface area (TPSA) is 38.5 Å². The molecule has 27 heavy (non-hydrogen) atoms. The first-order valence-electron chi connectivity index (χ1n) is 9.60. The number of methoxy groups -OCH3 is 1. The van der Waals surface area contributed by atoms with Gasteiger partial charge < -0.3 is 9.15 Å². The second kappa shape index (κ2) is 7.97. The van der Waals surface area contributed by atoms with Gasteiger partial charge in [-0.1, -0.05) is 29.8 Å². The van der Waals surface area contributed by atoms with Gasteiger partial charge in [0.2, 0.25) is 5.89 Å². The lowest BCUT2D eigenvalue weighted by Gasteiger charge is -2.23. The summed E-state index contributed by atoms with van der Waals surface area (Å²) in [4.78, 5) is 7.24. The molecule has 0 N–H and O–H groups in total. The zero-order valence-electron chi connectivity index (χ0n) is 16.0. The van der Waals surface area contributed by atoms with Gasteiger partial charge in [-0.25, -0.2) is 4.98 Å². The monoisotopic (exact) mass is 362 g/mol. The van der Waals surface area contributed by atoms with E-state index in [0.29, 0.717) is 11.9 Å². The molecule has 1 aliphatic heterocycles. The van der Waals surface area contributed by atoms with Gasteiger partial charge in [0.1, 0.15) is 12.0 Å². The first kappa shape index (κ1) is 17.8. The number of likely N-dealkylation sites (tertiary alicyclic amines) is 1. The molecule has 0 radical (unpaired) electrons. The molecule has 0 aliphatic carbocycles. The van der Waals surface area contributed by atoms with Crippen molar-refractivity contribution in [3.8, 4) is 17.2 Å². The average molecular weight is 362 g/mol. The Hall–Kier alpha value is -2.59. The molecule has 1 atom stereocenters. The maximum atomic E-state index is 5.73. The van der Waals surface area contributed by atoms with E-state index in [2.05, 4.69) is 54.3 Å². The summed E-state index contributed by atoms with van der Waals surface area (Å²) in [6.45, 7) is 4.03. The van der Waals surface area contributed by atoms with Gasteiger partial charge in [-0.2, -0.15) is 0 Å². The lowest BCUT2D eigenvalue weighted by atomic mass is 10.0. The van der Waals surface area contributed by atoms with Crippen LogP contribution < -0.4 is 4.74 Å². The van der Waals surface area contributed by atoms with Gasteiger partial charge in [-0.3, -0.25) is 4.90 Å². The fraction of sp³-hybridized carbons (Fsp3) is 0.348. The summed E-state index contributed by atoms with van der Waals surface area (Å²) in [6.07, 6.45) is 5.30. The Morgan fingerprint density at radius 3 is 2.85 bits per heavy atom. The molecule has 0 spiro atoms. The number of hydrogen-bond donors (Lipinski definition) is 0. The maximum absolute atomic E-state index is 5.73. The van der Waals surface area contributed by atoms with Gasteiger partial charge in [0.25, 0.3) is 0 Å². The highest BCUT2D eigenvalue weighted by Crippen LogP contribution is 2.26. The summed E-state index contributed by atoms with van der Waals surface area (Å²) in [7, 11) is 1.72. The number of ether oxygens (including phenoxy) is 1. The summed E-state index contributed by atoms with van der Waals surface area (Å²) >= 11 is 0. The zero-order chi connectivity index (χ0) is 18.6. The van der Waals surface area contributed by atoms with Gasteiger partial charge in [-0.05, 0) is 62.6 Å². The minimum atomic E-state index is 0.539. The molecule has 4 nitrogen and oxygen atoms in total. The van der Waals surface area contributed by atoms with E-state index >= 15 is 0 Å². The molecule has 1 fully saturated rings. The van der Waals surface area contributed by atoms with Crippen molar-refractivity contribution in [3.63, 3.8) is 0 Å². The van der Waals surface area contributed by atoms with Crippen LogP contribution in [-0.2, 0) is 13.0 Å². The van der Waals surface area contributed by atoms with E-state index in [9.17, 15) is 0 Å². The zero-order valence-corrected chi connectivity index (χ0v) is 16.0. The molecular weight excluding hydrogens is 336 g/mol. The Labute approximate surface area is 160 Å². The van der Waals surface area contributed by atoms with E-state index in [1.165, 1.54) is 24.0 Å². The van der Waals surface area contributed by atoms with Crippen molar-refractivity contribution < 1.29 is 9.15 Å². The molecule has 1 aromatic heterocycles. The van der Waals surface area contributed by atoms with Crippen LogP contribution in [0.3, 0.4) is 0 Å². The third kappa shape index (κ3) is 4.22. The largest absolute Gasteiger partial charge is 0.497 e. The summed E-state index contributed by atoms with van der Waals surface area (Å²) in [5.74, 6) is 1.63. The van der Waals surface area contributed by atoms with Crippen molar-refractivity contribution in [1.82, 2.24) is 9.88 Å². The van der Waals surface area contributed by atoms with Crippen molar-refractivity contribution >= 4 is 0 Å². The molecule has 0 unspecified atom stereocenters. The van der Waals surface area contributed by atoms with Crippen molar-refractivity contribution in [2.45, 2.75) is 38.8 Å². The first-order chi connectivity index (χ1) is 13.2. The predicted octanol–water partition coefficient (Wildman–Crippen LogP) is 4.87. The molecule has 0 amide bonds. The fourth-order valence-electron chi connectivity index (χ4n) is 3.82. The highest BCUT2D eigenvalue weighted by Gasteiger charge is 2.25. The Morgan fingerprint density at radius 1 is 1.19 bits per heavy atom. The Kier molecular flexibility index (Phi) is 5.26. The van der Waals surface area contributed by atoms with Gasteiger partial charge in [0.05, 0.1) is 12.8 Å². The van der Waals surface area contributed by atoms with Crippen LogP contribution in [0.15, 0.2) is 59.2 Å². The third-order valence-corrected chi connectivity index (χ3v) is 5.32. The molecule has 0 saturated carbocycles. The summed E-state index contributed by atoms with van der Waals surface area (Å²) in [6, 6.07) is 17.2. The minimum absolute atomic E-state index is 0.539. The minimum Gasteiger partial charge on any atom is -0.497 e. The van der Waals surface area contributed by atoms with E-state index in [1.807, 2.05) is 6.07 Å². The van der Waals surface area contributed by atoms with Crippen molar-refractivity contribution in [1.29, 1.82) is 0 Å². The molecule has 3 aromatic rings. The van der Waals surface area contributed by atoms with Crippen LogP contribution >= 0.6 is 0 Å². The number of benzene rings is 2. The lowest BCUT2D eigenvalue weighted by Crippen LogP contribution is -2.30. The normalized spacial score (nSPS) is 17.3. The highest BCUT2D eigenvalue weighted by atomic mass is 16.5. The van der Waals surface area contributed by atoms with E-state index in [1.54, 1.807) is 13.4 Å². The molecule has 1 aliphatic rings. The molecule has 0 bridgehead atoms. The van der Waals surface area contributed by atoms with Crippen molar-refractivity contribution in [3.05, 3.63) is 71.6 Å². The fourth-order valence-corrected chi connectivity index (χ4v) is 3.82. The number of aryl methyl sites for hydroxylation is 1. The number of aromatic nitrogens is 1. The number of nitrogens with zero attached hydrogens (tertiary/aromatic N) is 2. The SMILES string of the molecule is COc1cccc(C[C@@H]2CCCN2Cc2coc(-c3ccc(C)cc3)n2)c1. The Morgan fingerprint density at radius 2 is 2.04 bits per heavy atom. The number of hydrogen-bond acceptors (Lipinski definition) is 4. The molecule has 4 rings (SSSR count). The average Bonchev–Trinajstić information content (AvgIpc) is 3.33. The molecule has 2 heterocycles. The van der Waals surface area contributed by atoms with Crippen LogP contribution in [0.2, 0.25) is 0 Å². The second-order valence-corrected chi connectivity index (χ2v) is 7.33. The Bertz CT molecular complexity index is 885. The van der Waals surface area contributed by atoms with Crippen LogP contribution in [0.25, 0.3) is 11.5 Å². The molecule has 2 aromatic carbocycles. The Balaban J connectivity index is 1.43. The van der Waals surface area contributed by atoms with E-state index in [0.717, 1.165) is 36.5 Å². The van der Waals surface area contributed by atoms with Gasteiger partial charge in [0.15, 0.2) is 0 Å². The molecule has 4 heteroatoms. The first-order valence-corrected chi connectivity index (χ1v) is 9.60. The second-order valence-electron chi connectivity index (χ2n) is 7.33. The van der Waals surface area contributed by atoms with Crippen LogP contribution in [0, 0.1) is 6.92 Å². The lowest BCUT2D eigenvalue weighted by molar-refractivity contribution is 0.241. The standard InChI is InChI=1S/C23H26N2O2/c1-17-8-10-19(11-9-17)23-24-20(16-27-23)15-25-12-4-6-21(25)13-18-5-3-7-22(14-18)26-2/h3,5,7-11,14,16,21H,4,6,12-13,15H2,1-2H3/t21-/m0/s1. The van der Waals surface area contributed by atoms with Gasteiger partial charge in [-0.15, -0.1) is 0 Å². The summed E-state index contributed by atoms with van der Waals surface area (Å²) < 4.78 is 11.1. The van der Waals surface area contributed by atoms with E-state index < -0.39 is 0 Å². The maximum Gasteiger partial charge on any atom is 0.226 e. The third-order valence-electron chi connectivity index (χ3n) is 5.32. The van der Waals surface area contributed by atoms with Crippen LogP contribution in [-0.4, -0.2) is 29.6 Å². The molecular formula is C23H26N2O2. The molecule has 1 saturated heterocycles. The predicted molar refractivity (Wildman–Crippen MR) is 107 cm³/mol. The van der Waals surface area contributed by atoms with Crippen molar-refractivity contribution in [2.24, 2.45) is 0 Å². The highest BCUT2D eigenvalue weighted by molar-refractivity contribution is 5.53. The van der Waals surface area contributed by atoms with Crippen LogP contribution in [0.4, 0.5) is 0 Å². The van der Waals surface area contributed by atoms with E-state index in [4.69, 9.17) is 14.1 Å².